The molecule has 5 heteroatoms. The molecule has 0 spiro atoms. The van der Waals surface area contributed by atoms with Crippen LogP contribution in [0.4, 0.5) is 0 Å². The van der Waals surface area contributed by atoms with Crippen LogP contribution in [0.2, 0.25) is 5.02 Å². The van der Waals surface area contributed by atoms with Crippen molar-refractivity contribution in [3.63, 3.8) is 0 Å². The highest BCUT2D eigenvalue weighted by Crippen LogP contribution is 2.28. The molecule has 1 aromatic heterocycles. The SMILES string of the molecule is CCC(Oc1cccc(C)c1)c1nc2ccccc2n1CCCOc1ccc(Cl)cc1. The van der Waals surface area contributed by atoms with E-state index in [2.05, 4.69) is 48.7 Å². The minimum Gasteiger partial charge on any atom is -0.494 e. The van der Waals surface area contributed by atoms with Crippen molar-refractivity contribution in [1.82, 2.24) is 9.55 Å². The third-order valence-electron chi connectivity index (χ3n) is 5.22. The number of nitrogens with zero attached hydrogens (tertiary/aromatic N) is 2. The predicted molar refractivity (Wildman–Crippen MR) is 126 cm³/mol. The smallest absolute Gasteiger partial charge is 0.156 e. The minimum absolute atomic E-state index is 0.119. The fraction of sp³-hybridized carbons (Fsp3) is 0.269. The topological polar surface area (TPSA) is 36.3 Å². The van der Waals surface area contributed by atoms with E-state index in [0.717, 1.165) is 47.7 Å². The Balaban J connectivity index is 1.52. The summed E-state index contributed by atoms with van der Waals surface area (Å²) in [5.41, 5.74) is 3.29. The van der Waals surface area contributed by atoms with Gasteiger partial charge in [-0.2, -0.15) is 0 Å². The van der Waals surface area contributed by atoms with Crippen LogP contribution >= 0.6 is 11.6 Å². The number of fused-ring (bicyclic) bond motifs is 1. The van der Waals surface area contributed by atoms with Gasteiger partial charge in [0, 0.05) is 11.6 Å². The van der Waals surface area contributed by atoms with Crippen molar-refractivity contribution >= 4 is 22.6 Å². The normalized spacial score (nSPS) is 12.1. The molecule has 0 bridgehead atoms. The molecule has 1 atom stereocenters. The van der Waals surface area contributed by atoms with E-state index in [9.17, 15) is 0 Å². The van der Waals surface area contributed by atoms with Crippen molar-refractivity contribution < 1.29 is 9.47 Å². The summed E-state index contributed by atoms with van der Waals surface area (Å²) in [7, 11) is 0. The van der Waals surface area contributed by atoms with Crippen LogP contribution in [-0.2, 0) is 6.54 Å². The highest BCUT2D eigenvalue weighted by atomic mass is 35.5. The molecule has 0 aliphatic carbocycles. The Bertz CT molecular complexity index is 1140. The third kappa shape index (κ3) is 5.20. The Hall–Kier alpha value is -2.98. The third-order valence-corrected chi connectivity index (χ3v) is 5.47. The number of para-hydroxylation sites is 2. The number of rotatable bonds is 9. The second kappa shape index (κ2) is 9.88. The van der Waals surface area contributed by atoms with Crippen LogP contribution in [0.5, 0.6) is 11.5 Å². The fourth-order valence-corrected chi connectivity index (χ4v) is 3.82. The Morgan fingerprint density at radius 2 is 1.77 bits per heavy atom. The van der Waals surface area contributed by atoms with E-state index in [0.29, 0.717) is 11.6 Å². The zero-order valence-electron chi connectivity index (χ0n) is 17.9. The Morgan fingerprint density at radius 3 is 2.55 bits per heavy atom. The quantitative estimate of drug-likeness (QED) is 0.266. The molecule has 1 unspecified atom stereocenters. The maximum atomic E-state index is 6.36. The second-order valence-corrected chi connectivity index (χ2v) is 8.03. The van der Waals surface area contributed by atoms with E-state index >= 15 is 0 Å². The van der Waals surface area contributed by atoms with Crippen molar-refractivity contribution in [2.75, 3.05) is 6.61 Å². The summed E-state index contributed by atoms with van der Waals surface area (Å²) in [5, 5.41) is 0.709. The molecule has 160 valence electrons. The molecule has 0 fully saturated rings. The number of benzene rings is 3. The zero-order valence-corrected chi connectivity index (χ0v) is 18.7. The summed E-state index contributed by atoms with van der Waals surface area (Å²) >= 11 is 5.95. The standard InChI is InChI=1S/C26H27ClN2O2/c1-3-25(31-22-9-6-8-19(2)18-22)26-28-23-10-4-5-11-24(23)29(26)16-7-17-30-21-14-12-20(27)13-15-21/h4-6,8-15,18,25H,3,7,16-17H2,1-2H3. The van der Waals surface area contributed by atoms with Gasteiger partial charge in [0.15, 0.2) is 11.9 Å². The van der Waals surface area contributed by atoms with Crippen molar-refractivity contribution in [3.05, 3.63) is 89.2 Å². The van der Waals surface area contributed by atoms with Gasteiger partial charge in [-0.3, -0.25) is 0 Å². The van der Waals surface area contributed by atoms with Crippen molar-refractivity contribution in [2.45, 2.75) is 39.3 Å². The molecule has 4 aromatic rings. The second-order valence-electron chi connectivity index (χ2n) is 7.60. The molecule has 0 radical (unpaired) electrons. The summed E-state index contributed by atoms with van der Waals surface area (Å²) in [6, 6.07) is 23.9. The van der Waals surface area contributed by atoms with Crippen molar-refractivity contribution in [1.29, 1.82) is 0 Å². The number of aromatic nitrogens is 2. The van der Waals surface area contributed by atoms with E-state index in [4.69, 9.17) is 26.1 Å². The number of hydrogen-bond acceptors (Lipinski definition) is 3. The number of hydrogen-bond donors (Lipinski definition) is 0. The summed E-state index contributed by atoms with van der Waals surface area (Å²) in [6.07, 6.45) is 1.57. The van der Waals surface area contributed by atoms with E-state index in [1.807, 2.05) is 42.5 Å². The first-order valence-electron chi connectivity index (χ1n) is 10.7. The maximum Gasteiger partial charge on any atom is 0.156 e. The molecular weight excluding hydrogens is 408 g/mol. The Kier molecular flexibility index (Phi) is 6.78. The number of halogens is 1. The lowest BCUT2D eigenvalue weighted by molar-refractivity contribution is 0.185. The van der Waals surface area contributed by atoms with Crippen LogP contribution in [0.3, 0.4) is 0 Å². The van der Waals surface area contributed by atoms with Crippen molar-refractivity contribution in [2.24, 2.45) is 0 Å². The molecule has 3 aromatic carbocycles. The van der Waals surface area contributed by atoms with Crippen LogP contribution < -0.4 is 9.47 Å². The predicted octanol–water partition coefficient (Wildman–Crippen LogP) is 7.00. The lowest BCUT2D eigenvalue weighted by atomic mass is 10.2. The van der Waals surface area contributed by atoms with Crippen LogP contribution in [0.15, 0.2) is 72.8 Å². The van der Waals surface area contributed by atoms with Crippen LogP contribution in [-0.4, -0.2) is 16.2 Å². The van der Waals surface area contributed by atoms with E-state index in [-0.39, 0.29) is 6.10 Å². The molecular formula is C26H27ClN2O2. The molecule has 4 rings (SSSR count). The molecule has 0 aliphatic heterocycles. The number of imidazole rings is 1. The van der Waals surface area contributed by atoms with Crippen LogP contribution in [0, 0.1) is 6.92 Å². The lowest BCUT2D eigenvalue weighted by Gasteiger charge is -2.19. The lowest BCUT2D eigenvalue weighted by Crippen LogP contribution is -2.15. The highest BCUT2D eigenvalue weighted by molar-refractivity contribution is 6.30. The molecule has 0 saturated heterocycles. The summed E-state index contributed by atoms with van der Waals surface area (Å²) in [6.45, 7) is 5.62. The average Bonchev–Trinajstić information content (AvgIpc) is 3.15. The molecule has 4 nitrogen and oxygen atoms in total. The van der Waals surface area contributed by atoms with Gasteiger partial charge in [0.25, 0.3) is 0 Å². The molecule has 0 amide bonds. The first-order valence-corrected chi connectivity index (χ1v) is 11.1. The van der Waals surface area contributed by atoms with Gasteiger partial charge < -0.3 is 14.0 Å². The van der Waals surface area contributed by atoms with Gasteiger partial charge in [0.05, 0.1) is 17.6 Å². The van der Waals surface area contributed by atoms with Gasteiger partial charge >= 0.3 is 0 Å². The van der Waals surface area contributed by atoms with Crippen molar-refractivity contribution in [3.8, 4) is 11.5 Å². The van der Waals surface area contributed by atoms with E-state index in [1.54, 1.807) is 0 Å². The van der Waals surface area contributed by atoms with Crippen LogP contribution in [0.25, 0.3) is 11.0 Å². The van der Waals surface area contributed by atoms with E-state index < -0.39 is 0 Å². The molecule has 1 heterocycles. The Morgan fingerprint density at radius 1 is 0.968 bits per heavy atom. The van der Waals surface area contributed by atoms with E-state index in [1.165, 1.54) is 5.56 Å². The minimum atomic E-state index is -0.119. The van der Waals surface area contributed by atoms with Gasteiger partial charge in [-0.15, -0.1) is 0 Å². The fourth-order valence-electron chi connectivity index (χ4n) is 3.69. The number of aryl methyl sites for hydroxylation is 2. The highest BCUT2D eigenvalue weighted by Gasteiger charge is 2.20. The molecule has 0 N–H and O–H groups in total. The van der Waals surface area contributed by atoms with Gasteiger partial charge in [-0.25, -0.2) is 4.98 Å². The number of ether oxygens (including phenoxy) is 2. The first-order chi connectivity index (χ1) is 15.1. The molecule has 0 saturated carbocycles. The van der Waals surface area contributed by atoms with Gasteiger partial charge in [0.1, 0.15) is 11.5 Å². The summed E-state index contributed by atoms with van der Waals surface area (Å²) in [4.78, 5) is 4.93. The monoisotopic (exact) mass is 434 g/mol. The largest absolute Gasteiger partial charge is 0.494 e. The zero-order chi connectivity index (χ0) is 21.6. The van der Waals surface area contributed by atoms with Gasteiger partial charge in [0.2, 0.25) is 0 Å². The summed E-state index contributed by atoms with van der Waals surface area (Å²) in [5.74, 6) is 2.66. The van der Waals surface area contributed by atoms with Gasteiger partial charge in [-0.05, 0) is 73.9 Å². The molecule has 31 heavy (non-hydrogen) atoms. The van der Waals surface area contributed by atoms with Crippen LogP contribution in [0.1, 0.15) is 37.3 Å². The average molecular weight is 435 g/mol. The maximum absolute atomic E-state index is 6.36. The first kappa shape index (κ1) is 21.3. The van der Waals surface area contributed by atoms with Gasteiger partial charge in [-0.1, -0.05) is 42.8 Å². The summed E-state index contributed by atoms with van der Waals surface area (Å²) < 4.78 is 14.5. The molecule has 0 aliphatic rings. The Labute approximate surface area is 188 Å².